The van der Waals surface area contributed by atoms with Crippen molar-refractivity contribution in [3.63, 3.8) is 0 Å². The van der Waals surface area contributed by atoms with Crippen LogP contribution < -0.4 is 15.4 Å². The fourth-order valence-electron chi connectivity index (χ4n) is 2.20. The smallest absolute Gasteiger partial charge is 0.410 e. The predicted molar refractivity (Wildman–Crippen MR) is 76.2 cm³/mol. The largest absolute Gasteiger partial charge is 0.412 e. The van der Waals surface area contributed by atoms with E-state index in [2.05, 4.69) is 16.6 Å². The number of aryl methyl sites for hydroxylation is 1. The Balaban J connectivity index is 0.00000180. The highest BCUT2D eigenvalue weighted by molar-refractivity contribution is 5.70. The molecule has 0 saturated carbocycles. The third kappa shape index (κ3) is 3.49. The first-order valence-electron chi connectivity index (χ1n) is 5.94. The van der Waals surface area contributed by atoms with Crippen LogP contribution in [0.2, 0.25) is 0 Å². The fraction of sp³-hybridized carbons (Fsp3) is 0.400. The fourth-order valence-corrected chi connectivity index (χ4v) is 2.20. The lowest BCUT2D eigenvalue weighted by atomic mass is 10.1. The number of hydrogen-bond donors (Lipinski definition) is 2. The molecule has 4 nitrogen and oxygen atoms in total. The van der Waals surface area contributed by atoms with E-state index >= 15 is 0 Å². The van der Waals surface area contributed by atoms with E-state index in [1.54, 1.807) is 0 Å². The van der Waals surface area contributed by atoms with Gasteiger partial charge in [-0.1, -0.05) is 19.4 Å². The molecule has 1 aromatic rings. The predicted octanol–water partition coefficient (Wildman–Crippen LogP) is 2.25. The molecular formula is C15H20N2O2. The van der Waals surface area contributed by atoms with Crippen LogP contribution in [0.1, 0.15) is 31.0 Å². The van der Waals surface area contributed by atoms with Gasteiger partial charge in [-0.05, 0) is 36.1 Å². The van der Waals surface area contributed by atoms with Crippen molar-refractivity contribution in [2.24, 2.45) is 0 Å². The molecule has 4 heteroatoms. The van der Waals surface area contributed by atoms with Gasteiger partial charge >= 0.3 is 6.09 Å². The molecule has 0 bridgehead atoms. The van der Waals surface area contributed by atoms with E-state index in [9.17, 15) is 4.79 Å². The first-order valence-corrected chi connectivity index (χ1v) is 5.94. The second kappa shape index (κ2) is 6.81. The second-order valence-corrected chi connectivity index (χ2v) is 4.18. The van der Waals surface area contributed by atoms with Gasteiger partial charge in [-0.25, -0.2) is 4.79 Å². The molecule has 1 unspecified atom stereocenters. The van der Waals surface area contributed by atoms with E-state index in [-0.39, 0.29) is 13.5 Å². The Kier molecular flexibility index (Phi) is 5.40. The van der Waals surface area contributed by atoms with Crippen LogP contribution in [-0.2, 0) is 6.42 Å². The van der Waals surface area contributed by atoms with E-state index in [0.717, 1.165) is 12.8 Å². The van der Waals surface area contributed by atoms with Gasteiger partial charge in [0.05, 0.1) is 6.54 Å². The molecule has 1 aromatic carbocycles. The van der Waals surface area contributed by atoms with Crippen molar-refractivity contribution in [1.29, 1.82) is 0 Å². The summed E-state index contributed by atoms with van der Waals surface area (Å²) in [5.41, 5.74) is 2.46. The van der Waals surface area contributed by atoms with Crippen molar-refractivity contribution in [3.8, 4) is 18.1 Å². The Morgan fingerprint density at radius 3 is 3.05 bits per heavy atom. The van der Waals surface area contributed by atoms with Crippen LogP contribution in [0.5, 0.6) is 5.75 Å². The highest BCUT2D eigenvalue weighted by atomic mass is 16.5. The van der Waals surface area contributed by atoms with Gasteiger partial charge in [0.25, 0.3) is 0 Å². The molecule has 19 heavy (non-hydrogen) atoms. The average Bonchev–Trinajstić information content (AvgIpc) is 2.78. The maximum absolute atomic E-state index is 11.2. The van der Waals surface area contributed by atoms with Gasteiger partial charge in [0.2, 0.25) is 0 Å². The number of fused-ring (bicyclic) bond motifs is 1. The molecule has 1 aliphatic carbocycles. The summed E-state index contributed by atoms with van der Waals surface area (Å²) < 4.78 is 5.12. The van der Waals surface area contributed by atoms with Crippen molar-refractivity contribution >= 4 is 6.09 Å². The lowest BCUT2D eigenvalue weighted by molar-refractivity contribution is 0.203. The van der Waals surface area contributed by atoms with Gasteiger partial charge in [0.1, 0.15) is 5.75 Å². The summed E-state index contributed by atoms with van der Waals surface area (Å²) in [5, 5.41) is 5.71. The van der Waals surface area contributed by atoms with Gasteiger partial charge in [-0.15, -0.1) is 6.42 Å². The minimum Gasteiger partial charge on any atom is -0.410 e. The molecule has 0 saturated heterocycles. The number of amides is 1. The zero-order valence-electron chi connectivity index (χ0n) is 10.3. The number of benzene rings is 1. The number of carbonyl (C=O) groups excluding carboxylic acids is 1. The minimum absolute atomic E-state index is 0. The number of hydrogen-bond acceptors (Lipinski definition) is 3. The van der Waals surface area contributed by atoms with Crippen LogP contribution in [0.4, 0.5) is 4.79 Å². The molecule has 2 N–H and O–H groups in total. The summed E-state index contributed by atoms with van der Waals surface area (Å²) in [6.07, 6.45) is 6.85. The summed E-state index contributed by atoms with van der Waals surface area (Å²) in [6.45, 7) is 0.546. The lowest BCUT2D eigenvalue weighted by Crippen LogP contribution is -2.22. The van der Waals surface area contributed by atoms with Crippen LogP contribution in [-0.4, -0.2) is 19.7 Å². The third-order valence-corrected chi connectivity index (χ3v) is 3.06. The minimum atomic E-state index is -0.457. The third-order valence-electron chi connectivity index (χ3n) is 3.06. The molecule has 1 aliphatic rings. The summed E-state index contributed by atoms with van der Waals surface area (Å²) >= 11 is 0. The number of terminal acetylenes is 1. The zero-order valence-corrected chi connectivity index (χ0v) is 10.3. The first-order chi connectivity index (χ1) is 8.74. The summed E-state index contributed by atoms with van der Waals surface area (Å²) in [7, 11) is 1.53. The van der Waals surface area contributed by atoms with Gasteiger partial charge < -0.3 is 10.1 Å². The Hall–Kier alpha value is -1.99. The maximum atomic E-state index is 11.2. The standard InChI is InChI=1S/C14H16N2O2.CH4/c1-3-8-16-13-7-5-10-4-6-11(9-12(10)13)18-14(17)15-2;/h1,4,6,9,13,16H,5,7-8H2,2H3,(H,15,17);1H4. The number of rotatable bonds is 3. The number of carbonyl (C=O) groups is 1. The van der Waals surface area contributed by atoms with E-state index in [0.29, 0.717) is 12.3 Å². The number of nitrogens with one attached hydrogen (secondary N) is 2. The second-order valence-electron chi connectivity index (χ2n) is 4.18. The Morgan fingerprint density at radius 1 is 1.58 bits per heavy atom. The van der Waals surface area contributed by atoms with Gasteiger partial charge in [0.15, 0.2) is 0 Å². The van der Waals surface area contributed by atoms with Crippen molar-refractivity contribution in [2.75, 3.05) is 13.6 Å². The van der Waals surface area contributed by atoms with E-state index in [4.69, 9.17) is 11.2 Å². The van der Waals surface area contributed by atoms with Gasteiger partial charge in [0, 0.05) is 13.1 Å². The Bertz CT molecular complexity index is 491. The first kappa shape index (κ1) is 15.1. The topological polar surface area (TPSA) is 50.4 Å². The van der Waals surface area contributed by atoms with E-state index < -0.39 is 6.09 Å². The summed E-state index contributed by atoms with van der Waals surface area (Å²) in [5.74, 6) is 3.13. The van der Waals surface area contributed by atoms with Crippen LogP contribution in [0, 0.1) is 12.3 Å². The molecule has 0 spiro atoms. The maximum Gasteiger partial charge on any atom is 0.412 e. The van der Waals surface area contributed by atoms with Crippen molar-refractivity contribution in [2.45, 2.75) is 26.3 Å². The van der Waals surface area contributed by atoms with Crippen molar-refractivity contribution in [3.05, 3.63) is 29.3 Å². The van der Waals surface area contributed by atoms with Gasteiger partial charge in [-0.2, -0.15) is 0 Å². The molecule has 0 fully saturated rings. The number of ether oxygens (including phenoxy) is 1. The molecule has 0 aromatic heterocycles. The Labute approximate surface area is 114 Å². The molecular weight excluding hydrogens is 240 g/mol. The molecule has 1 amide bonds. The molecule has 102 valence electrons. The molecule has 1 atom stereocenters. The van der Waals surface area contributed by atoms with Crippen LogP contribution in [0.25, 0.3) is 0 Å². The molecule has 2 rings (SSSR count). The SMILES string of the molecule is C.C#CCNC1CCc2ccc(OC(=O)NC)cc21. The summed E-state index contributed by atoms with van der Waals surface area (Å²) in [6, 6.07) is 5.98. The molecule has 0 aliphatic heterocycles. The zero-order chi connectivity index (χ0) is 13.0. The average molecular weight is 260 g/mol. The summed E-state index contributed by atoms with van der Waals surface area (Å²) in [4.78, 5) is 11.2. The van der Waals surface area contributed by atoms with Crippen LogP contribution >= 0.6 is 0 Å². The lowest BCUT2D eigenvalue weighted by Gasteiger charge is -2.13. The monoisotopic (exact) mass is 260 g/mol. The van der Waals surface area contributed by atoms with Crippen LogP contribution in [0.15, 0.2) is 18.2 Å². The highest BCUT2D eigenvalue weighted by Crippen LogP contribution is 2.33. The van der Waals surface area contributed by atoms with Crippen molar-refractivity contribution in [1.82, 2.24) is 10.6 Å². The van der Waals surface area contributed by atoms with Gasteiger partial charge in [-0.3, -0.25) is 5.32 Å². The van der Waals surface area contributed by atoms with E-state index in [1.807, 2.05) is 18.2 Å². The normalized spacial score (nSPS) is 15.9. The quantitative estimate of drug-likeness (QED) is 0.820. The molecule has 0 heterocycles. The highest BCUT2D eigenvalue weighted by Gasteiger charge is 2.22. The van der Waals surface area contributed by atoms with Crippen LogP contribution in [0.3, 0.4) is 0 Å². The Morgan fingerprint density at radius 2 is 2.37 bits per heavy atom. The van der Waals surface area contributed by atoms with E-state index in [1.165, 1.54) is 18.2 Å². The molecule has 0 radical (unpaired) electrons. The van der Waals surface area contributed by atoms with Crippen molar-refractivity contribution < 1.29 is 9.53 Å².